The fourth-order valence-electron chi connectivity index (χ4n) is 3.87. The molecule has 0 saturated carbocycles. The van der Waals surface area contributed by atoms with Crippen molar-refractivity contribution in [2.45, 2.75) is 32.5 Å². The number of nitro groups is 1. The number of halogens is 4. The number of aryl methyl sites for hydroxylation is 1. The lowest BCUT2D eigenvalue weighted by Crippen LogP contribution is -2.48. The first-order chi connectivity index (χ1) is 18.3. The second-order valence-corrected chi connectivity index (χ2v) is 12.2. The highest BCUT2D eigenvalue weighted by Gasteiger charge is 2.37. The van der Waals surface area contributed by atoms with E-state index in [0.717, 1.165) is 12.1 Å². The van der Waals surface area contributed by atoms with E-state index in [0.29, 0.717) is 10.7 Å². The van der Waals surface area contributed by atoms with Crippen LogP contribution in [0.25, 0.3) is 5.82 Å². The second kappa shape index (κ2) is 10.8. The van der Waals surface area contributed by atoms with Crippen LogP contribution < -0.4 is 10.6 Å². The summed E-state index contributed by atoms with van der Waals surface area (Å²) in [6.45, 7) is 4.32. The first-order valence-corrected chi connectivity index (χ1v) is 13.7. The van der Waals surface area contributed by atoms with Crippen molar-refractivity contribution in [2.24, 2.45) is 0 Å². The summed E-state index contributed by atoms with van der Waals surface area (Å²) in [4.78, 5) is 41.2. The Hall–Kier alpha value is -4.05. The number of hydrogen-bond donors (Lipinski definition) is 3. The number of nitrogens with zero attached hydrogens (tertiary/aromatic N) is 4. The van der Waals surface area contributed by atoms with E-state index in [4.69, 9.17) is 16.4 Å². The molecule has 1 unspecified atom stereocenters. The average molecular weight is 602 g/mol. The van der Waals surface area contributed by atoms with Crippen LogP contribution in [0.1, 0.15) is 46.0 Å². The molecule has 0 spiro atoms. The third kappa shape index (κ3) is 7.12. The molecule has 2 amide bonds. The van der Waals surface area contributed by atoms with E-state index in [1.54, 1.807) is 0 Å². The number of benzene rings is 1. The number of aromatic nitrogens is 3. The monoisotopic (exact) mass is 601 g/mol. The van der Waals surface area contributed by atoms with Gasteiger partial charge < -0.3 is 10.6 Å². The fourth-order valence-corrected chi connectivity index (χ4v) is 5.52. The third-order valence-corrected chi connectivity index (χ3v) is 6.84. The Morgan fingerprint density at radius 1 is 1.23 bits per heavy atom. The minimum Gasteiger partial charge on any atom is -0.346 e. The number of rotatable bonds is 8. The van der Waals surface area contributed by atoms with Crippen LogP contribution in [0.2, 0.25) is 5.02 Å². The van der Waals surface area contributed by atoms with E-state index in [2.05, 4.69) is 20.7 Å². The van der Waals surface area contributed by atoms with Crippen LogP contribution in [-0.2, 0) is 15.9 Å². The Balaban J connectivity index is 2.12. The van der Waals surface area contributed by atoms with Crippen molar-refractivity contribution >= 4 is 44.5 Å². The number of hydrogen-bond acceptors (Lipinski definition) is 8. The Morgan fingerprint density at radius 3 is 2.42 bits per heavy atom. The van der Waals surface area contributed by atoms with Crippen LogP contribution in [0.3, 0.4) is 0 Å². The Labute approximate surface area is 231 Å². The van der Waals surface area contributed by atoms with Crippen LogP contribution in [0, 0.1) is 21.8 Å². The molecule has 2 heterocycles. The number of anilines is 1. The molecule has 0 aliphatic rings. The zero-order chi connectivity index (χ0) is 30.2. The lowest BCUT2D eigenvalue weighted by Gasteiger charge is -2.27. The van der Waals surface area contributed by atoms with E-state index in [1.807, 2.05) is 0 Å². The molecule has 214 valence electrons. The van der Waals surface area contributed by atoms with E-state index in [9.17, 15) is 37.1 Å². The molecule has 0 bridgehead atoms. The summed E-state index contributed by atoms with van der Waals surface area (Å²) in [5, 5.41) is 19.7. The maximum Gasteiger partial charge on any atom is 0.435 e. The van der Waals surface area contributed by atoms with Gasteiger partial charge in [0.2, 0.25) is 0 Å². The summed E-state index contributed by atoms with van der Waals surface area (Å²) in [7, 11) is -3.06. The van der Waals surface area contributed by atoms with Crippen LogP contribution in [0.4, 0.5) is 24.5 Å². The molecule has 0 fully saturated rings. The van der Waals surface area contributed by atoms with Gasteiger partial charge in [-0.25, -0.2) is 9.67 Å². The Morgan fingerprint density at radius 2 is 1.88 bits per heavy atom. The van der Waals surface area contributed by atoms with Crippen LogP contribution >= 0.6 is 11.6 Å². The van der Waals surface area contributed by atoms with Gasteiger partial charge in [0.1, 0.15) is 5.69 Å². The van der Waals surface area contributed by atoms with Gasteiger partial charge in [0.05, 0.1) is 26.9 Å². The summed E-state index contributed by atoms with van der Waals surface area (Å²) in [5.41, 5.74) is -4.35. The fraction of sp³-hybridized carbons (Fsp3) is 0.304. The predicted octanol–water partition coefficient (Wildman–Crippen LogP) is 4.59. The lowest BCUT2D eigenvalue weighted by molar-refractivity contribution is -0.384. The molecular formula is C23H23ClF3N7O5S. The molecule has 0 aliphatic carbocycles. The largest absolute Gasteiger partial charge is 0.435 e. The molecule has 0 aliphatic heterocycles. The van der Waals surface area contributed by atoms with Gasteiger partial charge in [-0.2, -0.15) is 18.3 Å². The number of non-ortho nitro benzene ring substituents is 1. The highest BCUT2D eigenvalue weighted by Crippen LogP contribution is 2.32. The van der Waals surface area contributed by atoms with E-state index in [-0.39, 0.29) is 27.8 Å². The van der Waals surface area contributed by atoms with Crippen molar-refractivity contribution < 1.29 is 31.9 Å². The molecule has 17 heteroatoms. The Bertz CT molecular complexity index is 1620. The molecule has 3 N–H and O–H groups in total. The van der Waals surface area contributed by atoms with Gasteiger partial charge in [-0.15, -0.1) is 0 Å². The number of alkyl halides is 3. The van der Waals surface area contributed by atoms with E-state index >= 15 is 0 Å². The molecule has 40 heavy (non-hydrogen) atoms. The van der Waals surface area contributed by atoms with Gasteiger partial charge in [0.25, 0.3) is 17.5 Å². The summed E-state index contributed by atoms with van der Waals surface area (Å²) in [6, 6.07) is 5.16. The quantitative estimate of drug-likeness (QED) is 0.250. The number of pyridine rings is 1. The van der Waals surface area contributed by atoms with Crippen LogP contribution in [-0.4, -0.2) is 53.3 Å². The summed E-state index contributed by atoms with van der Waals surface area (Å²) >= 11 is 6.08. The lowest BCUT2D eigenvalue weighted by atomic mass is 10.0. The van der Waals surface area contributed by atoms with Gasteiger partial charge in [-0.3, -0.25) is 28.7 Å². The van der Waals surface area contributed by atoms with Crippen LogP contribution in [0.15, 0.2) is 36.5 Å². The summed E-state index contributed by atoms with van der Waals surface area (Å²) in [5.74, 6) is -2.61. The smallest absolute Gasteiger partial charge is 0.346 e. The minimum absolute atomic E-state index is 0.0447. The number of nitro benzene ring substituents is 1. The van der Waals surface area contributed by atoms with Crippen molar-refractivity contribution in [3.05, 3.63) is 74.2 Å². The summed E-state index contributed by atoms with van der Waals surface area (Å²) in [6.07, 6.45) is -2.53. The van der Waals surface area contributed by atoms with Crippen molar-refractivity contribution in [3.8, 4) is 5.82 Å². The van der Waals surface area contributed by atoms with Crippen molar-refractivity contribution in [3.63, 3.8) is 0 Å². The highest BCUT2D eigenvalue weighted by molar-refractivity contribution is 7.91. The van der Waals surface area contributed by atoms with Gasteiger partial charge in [-0.1, -0.05) is 11.6 Å². The van der Waals surface area contributed by atoms with Gasteiger partial charge in [0, 0.05) is 45.9 Å². The zero-order valence-corrected chi connectivity index (χ0v) is 23.0. The summed E-state index contributed by atoms with van der Waals surface area (Å²) < 4.78 is 60.8. The number of amides is 2. The Kier molecular flexibility index (Phi) is 8.27. The first kappa shape index (κ1) is 30.5. The molecule has 12 nitrogen and oxygen atoms in total. The van der Waals surface area contributed by atoms with Crippen molar-refractivity contribution in [1.82, 2.24) is 20.1 Å². The standard InChI is InChI=1S/C23H23ClF3N7O5S/c1-12-8-13(34(37)38)9-14(20(35)31-22(2,3)11-40(4,28)39)18(12)30-21(36)16-10-17(23(25,26)27)32-33(16)19-15(24)6-5-7-29-19/h5-10,28H,11H2,1-4H3,(H,30,36)(H,31,35). The molecule has 3 rings (SSSR count). The average Bonchev–Trinajstić information content (AvgIpc) is 3.24. The molecular weight excluding hydrogens is 579 g/mol. The molecule has 3 aromatic rings. The minimum atomic E-state index is -4.93. The van der Waals surface area contributed by atoms with Gasteiger partial charge >= 0.3 is 6.18 Å². The second-order valence-electron chi connectivity index (χ2n) is 9.52. The molecule has 0 saturated heterocycles. The SMILES string of the molecule is Cc1cc([N+](=O)[O-])cc(C(=O)NC(C)(C)CS(C)(=N)=O)c1NC(=O)c1cc(C(F)(F)F)nn1-c1ncccc1Cl. The molecule has 1 atom stereocenters. The van der Waals surface area contributed by atoms with Crippen LogP contribution in [0.5, 0.6) is 0 Å². The maximum atomic E-state index is 13.5. The zero-order valence-electron chi connectivity index (χ0n) is 21.4. The molecule has 0 radical (unpaired) electrons. The number of carbonyl (C=O) groups is 2. The topological polar surface area (TPSA) is 173 Å². The van der Waals surface area contributed by atoms with E-state index in [1.165, 1.54) is 45.4 Å². The number of carbonyl (C=O) groups excluding carboxylic acids is 2. The normalized spacial score (nSPS) is 13.4. The predicted molar refractivity (Wildman–Crippen MR) is 140 cm³/mol. The highest BCUT2D eigenvalue weighted by atomic mass is 35.5. The molecule has 2 aromatic heterocycles. The van der Waals surface area contributed by atoms with Gasteiger partial charge in [-0.05, 0) is 38.5 Å². The third-order valence-electron chi connectivity index (χ3n) is 5.27. The molecule has 1 aromatic carbocycles. The maximum absolute atomic E-state index is 13.5. The van der Waals surface area contributed by atoms with Crippen molar-refractivity contribution in [1.29, 1.82) is 4.78 Å². The van der Waals surface area contributed by atoms with Gasteiger partial charge in [0.15, 0.2) is 11.5 Å². The first-order valence-electron chi connectivity index (χ1n) is 11.2. The number of nitrogens with one attached hydrogen (secondary N) is 3. The van der Waals surface area contributed by atoms with Crippen molar-refractivity contribution in [2.75, 3.05) is 17.3 Å². The van der Waals surface area contributed by atoms with E-state index < -0.39 is 60.8 Å².